The van der Waals surface area contributed by atoms with E-state index in [2.05, 4.69) is 5.32 Å². The van der Waals surface area contributed by atoms with Crippen LogP contribution in [0.25, 0.3) is 0 Å². The van der Waals surface area contributed by atoms with E-state index in [-0.39, 0.29) is 11.9 Å². The number of carbonyl (C=O) groups is 1. The van der Waals surface area contributed by atoms with Gasteiger partial charge in [0, 0.05) is 11.9 Å². The molecule has 2 unspecified atom stereocenters. The maximum Gasteiger partial charge on any atom is 0.224 e. The Morgan fingerprint density at radius 2 is 1.94 bits per heavy atom. The van der Waals surface area contributed by atoms with E-state index in [0.717, 1.165) is 18.4 Å². The fraction of sp³-hybridized carbons (Fsp3) is 0.533. The van der Waals surface area contributed by atoms with Crippen molar-refractivity contribution in [2.45, 2.75) is 38.1 Å². The number of alkyl halides is 1. The Morgan fingerprint density at radius 3 is 2.67 bits per heavy atom. The highest BCUT2D eigenvalue weighted by Gasteiger charge is 2.25. The largest absolute Gasteiger partial charge is 0.353 e. The molecule has 0 bridgehead atoms. The van der Waals surface area contributed by atoms with Crippen molar-refractivity contribution >= 4 is 17.5 Å². The van der Waals surface area contributed by atoms with Gasteiger partial charge in [0.1, 0.15) is 0 Å². The predicted octanol–water partition coefficient (Wildman–Crippen LogP) is 3.14. The average molecular weight is 266 g/mol. The molecule has 0 radical (unpaired) electrons. The summed E-state index contributed by atoms with van der Waals surface area (Å²) in [4.78, 5) is 12.0. The number of hydrogen-bond donors (Lipinski definition) is 1. The lowest BCUT2D eigenvalue weighted by atomic mass is 9.85. The molecule has 1 aromatic rings. The first kappa shape index (κ1) is 13.4. The molecule has 1 aliphatic carbocycles. The summed E-state index contributed by atoms with van der Waals surface area (Å²) in [7, 11) is 0. The fourth-order valence-corrected chi connectivity index (χ4v) is 2.99. The summed E-state index contributed by atoms with van der Waals surface area (Å²) >= 11 is 5.97. The molecule has 0 saturated heterocycles. The van der Waals surface area contributed by atoms with Gasteiger partial charge in [-0.3, -0.25) is 4.79 Å². The topological polar surface area (TPSA) is 29.1 Å². The van der Waals surface area contributed by atoms with Gasteiger partial charge in [0.25, 0.3) is 0 Å². The summed E-state index contributed by atoms with van der Waals surface area (Å²) in [6, 6.07) is 10.1. The maximum atomic E-state index is 12.0. The SMILES string of the molecule is O=C(Cc1ccccc1)NC1CCCCC1CCl. The highest BCUT2D eigenvalue weighted by atomic mass is 35.5. The Labute approximate surface area is 114 Å². The lowest BCUT2D eigenvalue weighted by Crippen LogP contribution is -2.43. The van der Waals surface area contributed by atoms with Crippen LogP contribution in [0.2, 0.25) is 0 Å². The van der Waals surface area contributed by atoms with Gasteiger partial charge in [-0.25, -0.2) is 0 Å². The van der Waals surface area contributed by atoms with Gasteiger partial charge in [-0.2, -0.15) is 0 Å². The summed E-state index contributed by atoms with van der Waals surface area (Å²) in [6.45, 7) is 0. The first-order valence-electron chi connectivity index (χ1n) is 6.69. The zero-order valence-corrected chi connectivity index (χ0v) is 11.3. The van der Waals surface area contributed by atoms with Crippen molar-refractivity contribution < 1.29 is 4.79 Å². The van der Waals surface area contributed by atoms with Crippen LogP contribution >= 0.6 is 11.6 Å². The standard InChI is InChI=1S/C15H20ClNO/c16-11-13-8-4-5-9-14(13)17-15(18)10-12-6-2-1-3-7-12/h1-3,6-7,13-14H,4-5,8-11H2,(H,17,18). The third-order valence-corrected chi connectivity index (χ3v) is 4.06. The molecule has 1 aliphatic rings. The molecule has 1 saturated carbocycles. The van der Waals surface area contributed by atoms with Gasteiger partial charge in [-0.1, -0.05) is 43.2 Å². The summed E-state index contributed by atoms with van der Waals surface area (Å²) in [5, 5.41) is 3.14. The van der Waals surface area contributed by atoms with Crippen LogP contribution in [0, 0.1) is 5.92 Å². The zero-order valence-electron chi connectivity index (χ0n) is 10.6. The molecule has 1 aromatic carbocycles. The summed E-state index contributed by atoms with van der Waals surface area (Å²) < 4.78 is 0. The lowest BCUT2D eigenvalue weighted by molar-refractivity contribution is -0.121. The number of benzene rings is 1. The van der Waals surface area contributed by atoms with E-state index in [1.54, 1.807) is 0 Å². The Hall–Kier alpha value is -1.02. The second-order valence-electron chi connectivity index (χ2n) is 5.04. The molecule has 0 heterocycles. The van der Waals surface area contributed by atoms with Crippen LogP contribution in [0.1, 0.15) is 31.2 Å². The first-order chi connectivity index (χ1) is 8.79. The van der Waals surface area contributed by atoms with Gasteiger partial charge in [0.2, 0.25) is 5.91 Å². The van der Waals surface area contributed by atoms with Gasteiger partial charge in [0.15, 0.2) is 0 Å². The minimum atomic E-state index is 0.114. The van der Waals surface area contributed by atoms with E-state index in [0.29, 0.717) is 18.2 Å². The van der Waals surface area contributed by atoms with Crippen molar-refractivity contribution in [1.29, 1.82) is 0 Å². The van der Waals surface area contributed by atoms with Crippen molar-refractivity contribution in [1.82, 2.24) is 5.32 Å². The van der Waals surface area contributed by atoms with Crippen LogP contribution in [0.15, 0.2) is 30.3 Å². The summed E-state index contributed by atoms with van der Waals surface area (Å²) in [5.41, 5.74) is 1.06. The number of rotatable bonds is 4. The van der Waals surface area contributed by atoms with Crippen LogP contribution < -0.4 is 5.32 Å². The van der Waals surface area contributed by atoms with E-state index in [4.69, 9.17) is 11.6 Å². The molecule has 1 N–H and O–H groups in total. The van der Waals surface area contributed by atoms with Crippen LogP contribution in [0.4, 0.5) is 0 Å². The minimum absolute atomic E-state index is 0.114. The Kier molecular flexibility index (Phi) is 5.06. The van der Waals surface area contributed by atoms with Crippen molar-refractivity contribution in [2.75, 3.05) is 5.88 Å². The van der Waals surface area contributed by atoms with E-state index >= 15 is 0 Å². The summed E-state index contributed by atoms with van der Waals surface area (Å²) in [6.07, 6.45) is 5.11. The zero-order chi connectivity index (χ0) is 12.8. The van der Waals surface area contributed by atoms with E-state index in [1.807, 2.05) is 30.3 Å². The lowest BCUT2D eigenvalue weighted by Gasteiger charge is -2.30. The molecule has 2 atom stereocenters. The fourth-order valence-electron chi connectivity index (χ4n) is 2.62. The van der Waals surface area contributed by atoms with Crippen molar-refractivity contribution in [3.8, 4) is 0 Å². The van der Waals surface area contributed by atoms with Crippen LogP contribution in [0.5, 0.6) is 0 Å². The molecular formula is C15H20ClNO. The third kappa shape index (κ3) is 3.74. The third-order valence-electron chi connectivity index (χ3n) is 3.66. The van der Waals surface area contributed by atoms with Crippen molar-refractivity contribution in [2.24, 2.45) is 5.92 Å². The smallest absolute Gasteiger partial charge is 0.224 e. The highest BCUT2D eigenvalue weighted by Crippen LogP contribution is 2.25. The number of carbonyl (C=O) groups excluding carboxylic acids is 1. The molecule has 1 fully saturated rings. The quantitative estimate of drug-likeness (QED) is 0.833. The normalized spacial score (nSPS) is 23.6. The van der Waals surface area contributed by atoms with Crippen LogP contribution in [-0.2, 0) is 11.2 Å². The molecule has 18 heavy (non-hydrogen) atoms. The summed E-state index contributed by atoms with van der Waals surface area (Å²) in [5.74, 6) is 1.21. The molecular weight excluding hydrogens is 246 g/mol. The molecule has 0 aliphatic heterocycles. The monoisotopic (exact) mass is 265 g/mol. The molecule has 0 spiro atoms. The number of halogens is 1. The number of amides is 1. The van der Waals surface area contributed by atoms with E-state index in [9.17, 15) is 4.79 Å². The maximum absolute atomic E-state index is 12.0. The molecule has 3 heteroatoms. The van der Waals surface area contributed by atoms with Gasteiger partial charge in [0.05, 0.1) is 6.42 Å². The van der Waals surface area contributed by atoms with Crippen LogP contribution in [0.3, 0.4) is 0 Å². The van der Waals surface area contributed by atoms with Crippen molar-refractivity contribution in [3.63, 3.8) is 0 Å². The molecule has 2 rings (SSSR count). The average Bonchev–Trinajstić information content (AvgIpc) is 2.40. The first-order valence-corrected chi connectivity index (χ1v) is 7.22. The van der Waals surface area contributed by atoms with Gasteiger partial charge >= 0.3 is 0 Å². The molecule has 98 valence electrons. The Balaban J connectivity index is 1.86. The molecule has 2 nitrogen and oxygen atoms in total. The number of nitrogens with one attached hydrogen (secondary N) is 1. The van der Waals surface area contributed by atoms with Crippen molar-refractivity contribution in [3.05, 3.63) is 35.9 Å². The Morgan fingerprint density at radius 1 is 1.22 bits per heavy atom. The number of hydrogen-bond acceptors (Lipinski definition) is 1. The Bertz CT molecular complexity index is 379. The predicted molar refractivity (Wildman–Crippen MR) is 74.8 cm³/mol. The second kappa shape index (κ2) is 6.79. The van der Waals surface area contributed by atoms with Crippen LogP contribution in [-0.4, -0.2) is 17.8 Å². The highest BCUT2D eigenvalue weighted by molar-refractivity contribution is 6.18. The van der Waals surface area contributed by atoms with Gasteiger partial charge in [-0.15, -0.1) is 11.6 Å². The van der Waals surface area contributed by atoms with E-state index < -0.39 is 0 Å². The second-order valence-corrected chi connectivity index (χ2v) is 5.34. The minimum Gasteiger partial charge on any atom is -0.353 e. The van der Waals surface area contributed by atoms with Gasteiger partial charge < -0.3 is 5.32 Å². The van der Waals surface area contributed by atoms with Gasteiger partial charge in [-0.05, 0) is 24.3 Å². The molecule has 0 aromatic heterocycles. The molecule has 1 amide bonds. The van der Waals surface area contributed by atoms with E-state index in [1.165, 1.54) is 12.8 Å².